The average molecular weight is 291 g/mol. The fraction of sp³-hybridized carbons (Fsp3) is 0. The smallest absolute Gasteiger partial charge is 0.180 e. The van der Waals surface area contributed by atoms with Gasteiger partial charge in [-0.05, 0) is 5.56 Å². The number of H-pyrrole nitrogens is 1. The first kappa shape index (κ1) is 12.2. The van der Waals surface area contributed by atoms with Crippen LogP contribution in [0.3, 0.4) is 0 Å². The van der Waals surface area contributed by atoms with Crippen molar-refractivity contribution in [3.05, 3.63) is 60.1 Å². The van der Waals surface area contributed by atoms with Crippen LogP contribution in [0.5, 0.6) is 0 Å². The Bertz CT molecular complexity index is 906. The summed E-state index contributed by atoms with van der Waals surface area (Å²) in [6.07, 6.45) is 2.01. The van der Waals surface area contributed by atoms with Gasteiger partial charge in [-0.1, -0.05) is 48.5 Å². The number of hydrogen-bond acceptors (Lipinski definition) is 3. The number of benzene rings is 2. The molecule has 0 radical (unpaired) electrons. The van der Waals surface area contributed by atoms with E-state index in [4.69, 9.17) is 5.73 Å². The molecule has 3 nitrogen and oxygen atoms in total. The lowest BCUT2D eigenvalue weighted by atomic mass is 10.0. The molecule has 0 aliphatic carbocycles. The highest BCUT2D eigenvalue weighted by atomic mass is 32.1. The van der Waals surface area contributed by atoms with E-state index in [1.54, 1.807) is 0 Å². The molecule has 2 heterocycles. The van der Waals surface area contributed by atoms with E-state index < -0.39 is 0 Å². The summed E-state index contributed by atoms with van der Waals surface area (Å²) in [5.74, 6) is 0. The highest BCUT2D eigenvalue weighted by Gasteiger charge is 2.12. The van der Waals surface area contributed by atoms with Crippen LogP contribution in [0.4, 0.5) is 5.13 Å². The normalized spacial score (nSPS) is 11.0. The van der Waals surface area contributed by atoms with Crippen molar-refractivity contribution < 1.29 is 0 Å². The van der Waals surface area contributed by atoms with Crippen LogP contribution < -0.4 is 5.73 Å². The molecule has 0 bridgehead atoms. The maximum absolute atomic E-state index is 5.75. The van der Waals surface area contributed by atoms with Crippen molar-refractivity contribution in [3.63, 3.8) is 0 Å². The van der Waals surface area contributed by atoms with Crippen molar-refractivity contribution in [2.75, 3.05) is 5.73 Å². The molecule has 102 valence electrons. The summed E-state index contributed by atoms with van der Waals surface area (Å²) in [5.41, 5.74) is 11.3. The van der Waals surface area contributed by atoms with Crippen LogP contribution in [0.15, 0.2) is 60.1 Å². The lowest BCUT2D eigenvalue weighted by Gasteiger charge is -2.03. The third kappa shape index (κ3) is 2.00. The SMILES string of the molecule is Nc1nc(-c2c[nH]c3c(-c4ccccc4)cccc23)cs1. The average Bonchev–Trinajstić information content (AvgIpc) is 3.13. The number of anilines is 1. The number of nitrogens with one attached hydrogen (secondary N) is 1. The largest absolute Gasteiger partial charge is 0.375 e. The second kappa shape index (κ2) is 4.75. The number of rotatable bonds is 2. The summed E-state index contributed by atoms with van der Waals surface area (Å²) < 4.78 is 0. The molecule has 0 unspecified atom stereocenters. The van der Waals surface area contributed by atoms with E-state index in [9.17, 15) is 0 Å². The van der Waals surface area contributed by atoms with Gasteiger partial charge in [0.05, 0.1) is 11.2 Å². The molecule has 2 aromatic carbocycles. The second-order valence-corrected chi connectivity index (χ2v) is 5.76. The number of nitrogen functional groups attached to an aromatic ring is 1. The zero-order valence-corrected chi connectivity index (χ0v) is 12.0. The molecule has 4 aromatic rings. The van der Waals surface area contributed by atoms with Crippen LogP contribution in [0.2, 0.25) is 0 Å². The maximum atomic E-state index is 5.75. The Hall–Kier alpha value is -2.59. The molecule has 0 aliphatic rings. The maximum Gasteiger partial charge on any atom is 0.180 e. The summed E-state index contributed by atoms with van der Waals surface area (Å²) in [4.78, 5) is 7.77. The van der Waals surface area contributed by atoms with Crippen LogP contribution in [0, 0.1) is 0 Å². The predicted molar refractivity (Wildman–Crippen MR) is 89.3 cm³/mol. The molecular formula is C17H13N3S. The van der Waals surface area contributed by atoms with Gasteiger partial charge in [-0.15, -0.1) is 11.3 Å². The van der Waals surface area contributed by atoms with Crippen molar-refractivity contribution in [3.8, 4) is 22.4 Å². The van der Waals surface area contributed by atoms with Crippen molar-refractivity contribution >= 4 is 27.4 Å². The summed E-state index contributed by atoms with van der Waals surface area (Å²) in [7, 11) is 0. The minimum Gasteiger partial charge on any atom is -0.375 e. The number of hydrogen-bond donors (Lipinski definition) is 2. The van der Waals surface area contributed by atoms with Crippen LogP contribution in [-0.4, -0.2) is 9.97 Å². The topological polar surface area (TPSA) is 54.7 Å². The molecule has 0 saturated carbocycles. The summed E-state index contributed by atoms with van der Waals surface area (Å²) in [6, 6.07) is 16.7. The molecule has 21 heavy (non-hydrogen) atoms. The van der Waals surface area contributed by atoms with Crippen LogP contribution in [0.25, 0.3) is 33.3 Å². The van der Waals surface area contributed by atoms with Gasteiger partial charge in [0.2, 0.25) is 0 Å². The monoisotopic (exact) mass is 291 g/mol. The van der Waals surface area contributed by atoms with Gasteiger partial charge in [0, 0.05) is 28.1 Å². The molecule has 0 amide bonds. The molecule has 0 aliphatic heterocycles. The standard InChI is InChI=1S/C17H13N3S/c18-17-20-15(10-21-17)14-9-19-16-12(7-4-8-13(14)16)11-5-2-1-3-6-11/h1-10,19H,(H2,18,20). The zero-order chi connectivity index (χ0) is 14.2. The van der Waals surface area contributed by atoms with Crippen molar-refractivity contribution in [1.29, 1.82) is 0 Å². The first-order chi connectivity index (χ1) is 10.3. The van der Waals surface area contributed by atoms with E-state index in [-0.39, 0.29) is 0 Å². The third-order valence-corrected chi connectivity index (χ3v) is 4.27. The molecule has 0 spiro atoms. The Morgan fingerprint density at radius 1 is 0.952 bits per heavy atom. The first-order valence-corrected chi connectivity index (χ1v) is 7.58. The molecule has 4 heteroatoms. The van der Waals surface area contributed by atoms with Crippen LogP contribution >= 0.6 is 11.3 Å². The Balaban J connectivity index is 1.95. The Kier molecular flexibility index (Phi) is 2.75. The van der Waals surface area contributed by atoms with Crippen molar-refractivity contribution in [1.82, 2.24) is 9.97 Å². The molecule has 4 rings (SSSR count). The number of fused-ring (bicyclic) bond motifs is 1. The van der Waals surface area contributed by atoms with Gasteiger partial charge in [0.15, 0.2) is 5.13 Å². The zero-order valence-electron chi connectivity index (χ0n) is 11.2. The van der Waals surface area contributed by atoms with Gasteiger partial charge in [0.25, 0.3) is 0 Å². The van der Waals surface area contributed by atoms with E-state index in [0.29, 0.717) is 5.13 Å². The van der Waals surface area contributed by atoms with E-state index in [1.165, 1.54) is 27.8 Å². The third-order valence-electron chi connectivity index (χ3n) is 3.60. The highest BCUT2D eigenvalue weighted by Crippen LogP contribution is 2.34. The number of nitrogens with two attached hydrogens (primary N) is 1. The van der Waals surface area contributed by atoms with Crippen molar-refractivity contribution in [2.24, 2.45) is 0 Å². The predicted octanol–water partition coefficient (Wildman–Crippen LogP) is 4.54. The van der Waals surface area contributed by atoms with Gasteiger partial charge >= 0.3 is 0 Å². The lowest BCUT2D eigenvalue weighted by molar-refractivity contribution is 1.41. The van der Waals surface area contributed by atoms with Gasteiger partial charge in [-0.2, -0.15) is 0 Å². The van der Waals surface area contributed by atoms with Gasteiger partial charge in [-0.25, -0.2) is 4.98 Å². The number of aromatic nitrogens is 2. The fourth-order valence-corrected chi connectivity index (χ4v) is 3.20. The Morgan fingerprint density at radius 2 is 1.81 bits per heavy atom. The van der Waals surface area contributed by atoms with E-state index in [0.717, 1.165) is 16.8 Å². The van der Waals surface area contributed by atoms with Crippen LogP contribution in [-0.2, 0) is 0 Å². The second-order valence-electron chi connectivity index (χ2n) is 4.87. The Morgan fingerprint density at radius 3 is 2.57 bits per heavy atom. The Labute approximate surface area is 126 Å². The molecule has 0 atom stereocenters. The number of para-hydroxylation sites is 1. The van der Waals surface area contributed by atoms with Gasteiger partial charge in [-0.3, -0.25) is 0 Å². The van der Waals surface area contributed by atoms with E-state index >= 15 is 0 Å². The molecule has 0 fully saturated rings. The van der Waals surface area contributed by atoms with Gasteiger partial charge < -0.3 is 10.7 Å². The minimum atomic E-state index is 0.596. The summed E-state index contributed by atoms with van der Waals surface area (Å²) >= 11 is 1.46. The first-order valence-electron chi connectivity index (χ1n) is 6.70. The number of aromatic amines is 1. The quantitative estimate of drug-likeness (QED) is 0.569. The minimum absolute atomic E-state index is 0.596. The number of thiazole rings is 1. The molecule has 2 aromatic heterocycles. The van der Waals surface area contributed by atoms with Crippen molar-refractivity contribution in [2.45, 2.75) is 0 Å². The van der Waals surface area contributed by atoms with E-state index in [2.05, 4.69) is 52.4 Å². The van der Waals surface area contributed by atoms with Crippen LogP contribution in [0.1, 0.15) is 0 Å². The molecule has 3 N–H and O–H groups in total. The fourth-order valence-electron chi connectivity index (χ4n) is 2.64. The number of nitrogens with zero attached hydrogens (tertiary/aromatic N) is 1. The summed E-state index contributed by atoms with van der Waals surface area (Å²) in [5, 5.41) is 3.76. The van der Waals surface area contributed by atoms with E-state index in [1.807, 2.05) is 17.6 Å². The highest BCUT2D eigenvalue weighted by molar-refractivity contribution is 7.13. The summed E-state index contributed by atoms with van der Waals surface area (Å²) in [6.45, 7) is 0. The lowest BCUT2D eigenvalue weighted by Crippen LogP contribution is -1.82. The van der Waals surface area contributed by atoms with Gasteiger partial charge in [0.1, 0.15) is 0 Å². The molecular weight excluding hydrogens is 278 g/mol. The molecule has 0 saturated heterocycles.